The van der Waals surface area contributed by atoms with E-state index in [9.17, 15) is 4.79 Å². The monoisotopic (exact) mass is 368 g/mol. The molecule has 0 unspecified atom stereocenters. The fraction of sp³-hybridized carbons (Fsp3) is 0.294. The molecule has 1 saturated carbocycles. The molecular formula is C17H18Cl2N2O3. The quantitative estimate of drug-likeness (QED) is 0.761. The van der Waals surface area contributed by atoms with Gasteiger partial charge in [-0.25, -0.2) is 9.78 Å². The first-order valence-electron chi connectivity index (χ1n) is 7.34. The SMILES string of the molecule is CNC1(COc2cnc(Cl)c(-c3ccc(C(=O)O)cc3)c2)CC1.Cl. The van der Waals surface area contributed by atoms with Gasteiger partial charge in [-0.15, -0.1) is 12.4 Å². The summed E-state index contributed by atoms with van der Waals surface area (Å²) < 4.78 is 5.83. The van der Waals surface area contributed by atoms with Crippen LogP contribution in [0.4, 0.5) is 0 Å². The molecule has 1 aliphatic rings. The number of nitrogens with one attached hydrogen (secondary N) is 1. The van der Waals surface area contributed by atoms with Crippen LogP contribution < -0.4 is 10.1 Å². The molecule has 128 valence electrons. The Labute approximate surface area is 151 Å². The fourth-order valence-corrected chi connectivity index (χ4v) is 2.55. The Kier molecular flexibility index (Phi) is 5.70. The van der Waals surface area contributed by atoms with Crippen LogP contribution in [0.2, 0.25) is 5.15 Å². The molecule has 0 bridgehead atoms. The summed E-state index contributed by atoms with van der Waals surface area (Å²) in [6.07, 6.45) is 3.81. The highest BCUT2D eigenvalue weighted by Gasteiger charge is 2.41. The summed E-state index contributed by atoms with van der Waals surface area (Å²) in [4.78, 5) is 15.1. The average molecular weight is 369 g/mol. The zero-order valence-corrected chi connectivity index (χ0v) is 14.7. The molecular weight excluding hydrogens is 351 g/mol. The molecule has 0 spiro atoms. The zero-order chi connectivity index (χ0) is 16.4. The van der Waals surface area contributed by atoms with Gasteiger partial charge in [0.2, 0.25) is 0 Å². The Morgan fingerprint density at radius 2 is 2.04 bits per heavy atom. The summed E-state index contributed by atoms with van der Waals surface area (Å²) in [6, 6.07) is 8.35. The summed E-state index contributed by atoms with van der Waals surface area (Å²) in [5, 5.41) is 12.6. The van der Waals surface area contributed by atoms with Crippen LogP contribution in [-0.4, -0.2) is 35.3 Å². The minimum absolute atomic E-state index is 0. The third kappa shape index (κ3) is 3.98. The molecule has 1 fully saturated rings. The van der Waals surface area contributed by atoms with Crippen molar-refractivity contribution < 1.29 is 14.6 Å². The van der Waals surface area contributed by atoms with E-state index in [-0.39, 0.29) is 23.5 Å². The summed E-state index contributed by atoms with van der Waals surface area (Å²) in [7, 11) is 1.94. The molecule has 5 nitrogen and oxygen atoms in total. The van der Waals surface area contributed by atoms with Gasteiger partial charge in [-0.3, -0.25) is 0 Å². The largest absolute Gasteiger partial charge is 0.490 e. The summed E-state index contributed by atoms with van der Waals surface area (Å²) >= 11 is 6.17. The second kappa shape index (κ2) is 7.38. The van der Waals surface area contributed by atoms with Gasteiger partial charge in [-0.2, -0.15) is 0 Å². The number of carboxylic acids is 1. The Balaban J connectivity index is 0.00000208. The number of pyridine rings is 1. The summed E-state index contributed by atoms with van der Waals surface area (Å²) in [5.74, 6) is -0.312. The average Bonchev–Trinajstić information content (AvgIpc) is 3.35. The van der Waals surface area contributed by atoms with Crippen LogP contribution in [0, 0.1) is 0 Å². The topological polar surface area (TPSA) is 71.5 Å². The van der Waals surface area contributed by atoms with Crippen LogP contribution in [0.15, 0.2) is 36.5 Å². The van der Waals surface area contributed by atoms with E-state index in [0.29, 0.717) is 17.5 Å². The van der Waals surface area contributed by atoms with Crippen LogP contribution in [0.1, 0.15) is 23.2 Å². The van der Waals surface area contributed by atoms with Gasteiger partial charge in [-0.1, -0.05) is 23.7 Å². The number of benzene rings is 1. The van der Waals surface area contributed by atoms with Gasteiger partial charge in [0.05, 0.1) is 17.3 Å². The number of rotatable bonds is 6. The predicted octanol–water partition coefficient (Wildman–Crippen LogP) is 3.65. The number of aromatic carboxylic acids is 1. The number of hydrogen-bond acceptors (Lipinski definition) is 4. The molecule has 2 N–H and O–H groups in total. The van der Waals surface area contributed by atoms with E-state index in [0.717, 1.165) is 24.0 Å². The van der Waals surface area contributed by atoms with E-state index in [4.69, 9.17) is 21.4 Å². The van der Waals surface area contributed by atoms with Crippen LogP contribution in [0.5, 0.6) is 5.75 Å². The highest BCUT2D eigenvalue weighted by molar-refractivity contribution is 6.32. The van der Waals surface area contributed by atoms with Gasteiger partial charge < -0.3 is 15.2 Å². The standard InChI is InChI=1S/C17H17ClN2O3.ClH/c1-19-17(6-7-17)10-23-13-8-14(15(18)20-9-13)11-2-4-12(5-3-11)16(21)22;/h2-5,8-9,19H,6-7,10H2,1H3,(H,21,22);1H. The molecule has 1 aliphatic carbocycles. The number of nitrogens with zero attached hydrogens (tertiary/aromatic N) is 1. The lowest BCUT2D eigenvalue weighted by Gasteiger charge is -2.15. The molecule has 0 saturated heterocycles. The Bertz CT molecular complexity index is 731. The first-order valence-corrected chi connectivity index (χ1v) is 7.72. The van der Waals surface area contributed by atoms with Crippen molar-refractivity contribution >= 4 is 30.0 Å². The van der Waals surface area contributed by atoms with Gasteiger partial charge in [0.15, 0.2) is 0 Å². The minimum Gasteiger partial charge on any atom is -0.490 e. The van der Waals surface area contributed by atoms with Crippen molar-refractivity contribution in [3.8, 4) is 16.9 Å². The Morgan fingerprint density at radius 3 is 2.58 bits per heavy atom. The van der Waals surface area contributed by atoms with Crippen molar-refractivity contribution in [3.63, 3.8) is 0 Å². The predicted molar refractivity (Wildman–Crippen MR) is 95.4 cm³/mol. The normalized spacial score (nSPS) is 14.6. The van der Waals surface area contributed by atoms with E-state index >= 15 is 0 Å². The fourth-order valence-electron chi connectivity index (χ4n) is 2.34. The first kappa shape index (κ1) is 18.5. The number of carboxylic acid groups (broad SMARTS) is 1. The second-order valence-corrected chi connectivity index (χ2v) is 6.07. The van der Waals surface area contributed by atoms with Crippen LogP contribution >= 0.6 is 24.0 Å². The Hall–Kier alpha value is -1.82. The number of aromatic nitrogens is 1. The highest BCUT2D eigenvalue weighted by atomic mass is 35.5. The van der Waals surface area contributed by atoms with E-state index in [2.05, 4.69) is 10.3 Å². The van der Waals surface area contributed by atoms with Gasteiger partial charge in [0.25, 0.3) is 0 Å². The van der Waals surface area contributed by atoms with Gasteiger partial charge in [0, 0.05) is 5.56 Å². The molecule has 1 aromatic heterocycles. The number of ether oxygens (including phenoxy) is 1. The molecule has 3 rings (SSSR count). The maximum atomic E-state index is 10.9. The molecule has 0 amide bonds. The van der Waals surface area contributed by atoms with Crippen LogP contribution in [0.25, 0.3) is 11.1 Å². The van der Waals surface area contributed by atoms with E-state index in [1.807, 2.05) is 13.1 Å². The second-order valence-electron chi connectivity index (χ2n) is 5.71. The molecule has 7 heteroatoms. The van der Waals surface area contributed by atoms with Crippen molar-refractivity contribution in [3.05, 3.63) is 47.2 Å². The highest BCUT2D eigenvalue weighted by Crippen LogP contribution is 2.36. The smallest absolute Gasteiger partial charge is 0.335 e. The van der Waals surface area contributed by atoms with Crippen LogP contribution in [-0.2, 0) is 0 Å². The maximum Gasteiger partial charge on any atom is 0.335 e. The Morgan fingerprint density at radius 1 is 1.38 bits per heavy atom. The molecule has 24 heavy (non-hydrogen) atoms. The molecule has 0 atom stereocenters. The van der Waals surface area contributed by atoms with Crippen molar-refractivity contribution in [2.75, 3.05) is 13.7 Å². The maximum absolute atomic E-state index is 10.9. The lowest BCUT2D eigenvalue weighted by molar-refractivity contribution is 0.0697. The van der Waals surface area contributed by atoms with Crippen molar-refractivity contribution in [2.45, 2.75) is 18.4 Å². The minimum atomic E-state index is -0.959. The molecule has 0 radical (unpaired) electrons. The first-order chi connectivity index (χ1) is 11.0. The van der Waals surface area contributed by atoms with Gasteiger partial charge in [-0.05, 0) is 43.7 Å². The van der Waals surface area contributed by atoms with Gasteiger partial charge >= 0.3 is 5.97 Å². The lowest BCUT2D eigenvalue weighted by Crippen LogP contribution is -2.33. The van der Waals surface area contributed by atoms with Crippen LogP contribution in [0.3, 0.4) is 0 Å². The number of carbonyl (C=O) groups is 1. The summed E-state index contributed by atoms with van der Waals surface area (Å²) in [5.41, 5.74) is 1.83. The van der Waals surface area contributed by atoms with Crippen molar-refractivity contribution in [2.24, 2.45) is 0 Å². The molecule has 2 aromatic rings. The molecule has 1 heterocycles. The number of hydrogen-bond donors (Lipinski definition) is 2. The third-order valence-electron chi connectivity index (χ3n) is 4.16. The lowest BCUT2D eigenvalue weighted by atomic mass is 10.1. The third-order valence-corrected chi connectivity index (χ3v) is 4.46. The zero-order valence-electron chi connectivity index (χ0n) is 13.1. The van der Waals surface area contributed by atoms with E-state index in [1.54, 1.807) is 30.5 Å². The van der Waals surface area contributed by atoms with E-state index < -0.39 is 5.97 Å². The van der Waals surface area contributed by atoms with Crippen molar-refractivity contribution in [1.29, 1.82) is 0 Å². The number of likely N-dealkylation sites (N-methyl/N-ethyl adjacent to an activating group) is 1. The molecule has 0 aliphatic heterocycles. The summed E-state index contributed by atoms with van der Waals surface area (Å²) in [6.45, 7) is 0.588. The molecule has 1 aromatic carbocycles. The number of halogens is 2. The van der Waals surface area contributed by atoms with Gasteiger partial charge in [0.1, 0.15) is 17.5 Å². The van der Waals surface area contributed by atoms with E-state index in [1.165, 1.54) is 0 Å². The van der Waals surface area contributed by atoms with Crippen molar-refractivity contribution in [1.82, 2.24) is 10.3 Å².